The number of amides is 6. The zero-order valence-corrected chi connectivity index (χ0v) is 30.1. The third-order valence-electron chi connectivity index (χ3n) is 8.32. The number of aliphatic hydroxyl groups excluding tert-OH is 1. The molecule has 6 atom stereocenters. The summed E-state index contributed by atoms with van der Waals surface area (Å²) in [5.41, 5.74) is 0. The van der Waals surface area contributed by atoms with Gasteiger partial charge in [-0.3, -0.25) is 28.8 Å². The highest BCUT2D eigenvalue weighted by Gasteiger charge is 2.34. The first kappa shape index (κ1) is 41.8. The molecule has 0 aromatic rings. The standard InChI is InChI=1S/C34H62N6O7/c1-10-13-25(36-33(46)27(17-21(5)6)38-31(44)24-14-12-15-40(19-24)23(9)41)32(45)37-26(16-20(3)4)28(42)18-29(43)39-30(22(7)8)34(47)35-11-2/h20-22,24-28,30,42H,10-19H2,1-9H3,(H,35,47)(H,36,46)(H,37,45)(H,38,44)(H,39,43)/t24?,25-,26-,27-,28-,30-/m0/s1. The molecule has 47 heavy (non-hydrogen) atoms. The van der Waals surface area contributed by atoms with E-state index in [1.54, 1.807) is 11.8 Å². The van der Waals surface area contributed by atoms with Gasteiger partial charge in [-0.05, 0) is 56.8 Å². The average molecular weight is 667 g/mol. The van der Waals surface area contributed by atoms with Gasteiger partial charge in [0.15, 0.2) is 0 Å². The van der Waals surface area contributed by atoms with Crippen molar-refractivity contribution < 1.29 is 33.9 Å². The first-order valence-electron chi connectivity index (χ1n) is 17.4. The van der Waals surface area contributed by atoms with Gasteiger partial charge in [0, 0.05) is 26.6 Å². The summed E-state index contributed by atoms with van der Waals surface area (Å²) < 4.78 is 0. The molecule has 1 aliphatic heterocycles. The zero-order chi connectivity index (χ0) is 35.8. The molecule has 0 radical (unpaired) electrons. The summed E-state index contributed by atoms with van der Waals surface area (Å²) in [6.07, 6.45) is 1.40. The normalized spacial score (nSPS) is 18.1. The SMILES string of the molecule is CCC[C@H](NC(=O)[C@H](CC(C)C)NC(=O)C1CCCN(C(C)=O)C1)C(=O)N[C@@H](CC(C)C)[C@@H](O)CC(=O)N[C@H](C(=O)NCC)C(C)C. The smallest absolute Gasteiger partial charge is 0.243 e. The maximum absolute atomic E-state index is 13.6. The summed E-state index contributed by atoms with van der Waals surface area (Å²) in [6, 6.07) is -3.35. The molecule has 0 bridgehead atoms. The molecule has 13 heteroatoms. The van der Waals surface area contributed by atoms with E-state index in [4.69, 9.17) is 0 Å². The minimum Gasteiger partial charge on any atom is -0.390 e. The predicted octanol–water partition coefficient (Wildman–Crippen LogP) is 1.62. The largest absolute Gasteiger partial charge is 0.390 e. The van der Waals surface area contributed by atoms with Gasteiger partial charge in [0.2, 0.25) is 35.4 Å². The number of piperidine rings is 1. The van der Waals surface area contributed by atoms with E-state index >= 15 is 0 Å². The molecule has 1 unspecified atom stereocenters. The van der Waals surface area contributed by atoms with Crippen LogP contribution in [0.15, 0.2) is 0 Å². The molecule has 0 spiro atoms. The highest BCUT2D eigenvalue weighted by atomic mass is 16.3. The molecular formula is C34H62N6O7. The Kier molecular flexibility index (Phi) is 18.6. The number of hydrogen-bond donors (Lipinski definition) is 6. The molecule has 0 aromatic heterocycles. The van der Waals surface area contributed by atoms with Gasteiger partial charge >= 0.3 is 0 Å². The van der Waals surface area contributed by atoms with Crippen LogP contribution in [0.1, 0.15) is 107 Å². The second-order valence-corrected chi connectivity index (χ2v) is 14.0. The number of likely N-dealkylation sites (N-methyl/N-ethyl adjacent to an activating group) is 1. The quantitative estimate of drug-likeness (QED) is 0.121. The Balaban J connectivity index is 3.02. The highest BCUT2D eigenvalue weighted by molar-refractivity contribution is 5.93. The third-order valence-corrected chi connectivity index (χ3v) is 8.32. The second-order valence-electron chi connectivity index (χ2n) is 14.0. The third kappa shape index (κ3) is 15.0. The van der Waals surface area contributed by atoms with Gasteiger partial charge < -0.3 is 36.6 Å². The van der Waals surface area contributed by atoms with E-state index in [1.807, 2.05) is 48.5 Å². The molecular weight excluding hydrogens is 604 g/mol. The summed E-state index contributed by atoms with van der Waals surface area (Å²) in [6.45, 7) is 17.9. The first-order valence-corrected chi connectivity index (χ1v) is 17.4. The van der Waals surface area contributed by atoms with Gasteiger partial charge in [0.25, 0.3) is 0 Å². The van der Waals surface area contributed by atoms with Gasteiger partial charge in [0.05, 0.1) is 24.5 Å². The summed E-state index contributed by atoms with van der Waals surface area (Å²) in [5.74, 6) is -2.63. The van der Waals surface area contributed by atoms with Crippen molar-refractivity contribution >= 4 is 35.4 Å². The molecule has 270 valence electrons. The number of carbonyl (C=O) groups is 6. The average Bonchev–Trinajstić information content (AvgIpc) is 2.98. The minimum absolute atomic E-state index is 0.0697. The van der Waals surface area contributed by atoms with E-state index in [9.17, 15) is 33.9 Å². The van der Waals surface area contributed by atoms with Crippen molar-refractivity contribution in [1.82, 2.24) is 31.5 Å². The Morgan fingerprint density at radius 3 is 1.96 bits per heavy atom. The Bertz CT molecular complexity index is 1050. The molecule has 6 N–H and O–H groups in total. The summed E-state index contributed by atoms with van der Waals surface area (Å²) in [4.78, 5) is 79.2. The topological polar surface area (TPSA) is 186 Å². The molecule has 0 aromatic carbocycles. The van der Waals surface area contributed by atoms with Crippen molar-refractivity contribution in [3.05, 3.63) is 0 Å². The summed E-state index contributed by atoms with van der Waals surface area (Å²) in [5, 5.41) is 25.1. The monoisotopic (exact) mass is 666 g/mol. The molecule has 1 heterocycles. The number of rotatable bonds is 19. The number of likely N-dealkylation sites (tertiary alicyclic amines) is 1. The van der Waals surface area contributed by atoms with Crippen LogP contribution in [0.25, 0.3) is 0 Å². The lowest BCUT2D eigenvalue weighted by molar-refractivity contribution is -0.137. The highest BCUT2D eigenvalue weighted by Crippen LogP contribution is 2.18. The van der Waals surface area contributed by atoms with Crippen LogP contribution in [0, 0.1) is 23.7 Å². The fraction of sp³-hybridized carbons (Fsp3) is 0.824. The van der Waals surface area contributed by atoms with Gasteiger partial charge in [0.1, 0.15) is 18.1 Å². The van der Waals surface area contributed by atoms with Crippen LogP contribution in [0.4, 0.5) is 0 Å². The molecule has 0 aliphatic carbocycles. The number of nitrogens with zero attached hydrogens (tertiary/aromatic N) is 1. The maximum Gasteiger partial charge on any atom is 0.243 e. The van der Waals surface area contributed by atoms with Crippen LogP contribution in [0.5, 0.6) is 0 Å². The van der Waals surface area contributed by atoms with E-state index in [0.29, 0.717) is 58.2 Å². The van der Waals surface area contributed by atoms with Crippen molar-refractivity contribution in [3.63, 3.8) is 0 Å². The van der Waals surface area contributed by atoms with Crippen LogP contribution < -0.4 is 26.6 Å². The predicted molar refractivity (Wildman–Crippen MR) is 181 cm³/mol. The van der Waals surface area contributed by atoms with Crippen LogP contribution in [0.2, 0.25) is 0 Å². The van der Waals surface area contributed by atoms with Crippen LogP contribution >= 0.6 is 0 Å². The molecule has 1 saturated heterocycles. The molecule has 1 rings (SSSR count). The number of nitrogens with one attached hydrogen (secondary N) is 5. The summed E-state index contributed by atoms with van der Waals surface area (Å²) in [7, 11) is 0. The zero-order valence-electron chi connectivity index (χ0n) is 30.1. The lowest BCUT2D eigenvalue weighted by Gasteiger charge is -2.32. The van der Waals surface area contributed by atoms with E-state index < -0.39 is 53.9 Å². The van der Waals surface area contributed by atoms with Gasteiger partial charge in [-0.2, -0.15) is 0 Å². The van der Waals surface area contributed by atoms with E-state index in [-0.39, 0.29) is 41.9 Å². The molecule has 13 nitrogen and oxygen atoms in total. The minimum atomic E-state index is -1.24. The fourth-order valence-electron chi connectivity index (χ4n) is 5.79. The van der Waals surface area contributed by atoms with E-state index in [2.05, 4.69) is 26.6 Å². The molecule has 1 fully saturated rings. The molecule has 0 saturated carbocycles. The molecule has 6 amide bonds. The van der Waals surface area contributed by atoms with Gasteiger partial charge in [-0.25, -0.2) is 0 Å². The lowest BCUT2D eigenvalue weighted by Crippen LogP contribution is -2.57. The lowest BCUT2D eigenvalue weighted by atomic mass is 9.95. The second kappa shape index (κ2) is 20.9. The van der Waals surface area contributed by atoms with E-state index in [1.165, 1.54) is 6.92 Å². The Labute approximate surface area is 281 Å². The van der Waals surface area contributed by atoms with Crippen molar-refractivity contribution in [2.45, 2.75) is 138 Å². The van der Waals surface area contributed by atoms with Crippen molar-refractivity contribution in [2.24, 2.45) is 23.7 Å². The Morgan fingerprint density at radius 1 is 0.809 bits per heavy atom. The van der Waals surface area contributed by atoms with Gasteiger partial charge in [-0.15, -0.1) is 0 Å². The number of hydrogen-bond acceptors (Lipinski definition) is 7. The Morgan fingerprint density at radius 2 is 1.43 bits per heavy atom. The van der Waals surface area contributed by atoms with Crippen molar-refractivity contribution in [2.75, 3.05) is 19.6 Å². The van der Waals surface area contributed by atoms with E-state index in [0.717, 1.165) is 0 Å². The fourth-order valence-corrected chi connectivity index (χ4v) is 5.79. The van der Waals surface area contributed by atoms with Crippen LogP contribution in [0.3, 0.4) is 0 Å². The number of carbonyl (C=O) groups excluding carboxylic acids is 6. The number of aliphatic hydroxyl groups is 1. The summed E-state index contributed by atoms with van der Waals surface area (Å²) >= 11 is 0. The van der Waals surface area contributed by atoms with Crippen LogP contribution in [-0.2, 0) is 28.8 Å². The maximum atomic E-state index is 13.6. The van der Waals surface area contributed by atoms with Crippen molar-refractivity contribution in [1.29, 1.82) is 0 Å². The van der Waals surface area contributed by atoms with Gasteiger partial charge in [-0.1, -0.05) is 54.9 Å². The first-order chi connectivity index (χ1) is 22.0. The van der Waals surface area contributed by atoms with Crippen molar-refractivity contribution in [3.8, 4) is 0 Å². The Hall–Kier alpha value is -3.22. The molecule has 1 aliphatic rings. The van der Waals surface area contributed by atoms with Crippen LogP contribution in [-0.4, -0.2) is 95.4 Å².